The van der Waals surface area contributed by atoms with Crippen molar-refractivity contribution in [3.8, 4) is 0 Å². The van der Waals surface area contributed by atoms with Crippen LogP contribution in [0.25, 0.3) is 11.0 Å². The van der Waals surface area contributed by atoms with E-state index in [2.05, 4.69) is 34.3 Å². The van der Waals surface area contributed by atoms with Crippen molar-refractivity contribution in [1.29, 1.82) is 0 Å². The summed E-state index contributed by atoms with van der Waals surface area (Å²) in [5.74, 6) is 0.842. The van der Waals surface area contributed by atoms with Crippen LogP contribution < -0.4 is 0 Å². The van der Waals surface area contributed by atoms with Crippen molar-refractivity contribution in [2.24, 2.45) is 5.92 Å². The Hall–Kier alpha value is -1.92. The van der Waals surface area contributed by atoms with Crippen LogP contribution in [-0.2, 0) is 6.54 Å². The van der Waals surface area contributed by atoms with Crippen molar-refractivity contribution < 1.29 is 9.18 Å². The third-order valence-electron chi connectivity index (χ3n) is 6.18. The van der Waals surface area contributed by atoms with E-state index >= 15 is 0 Å². The number of carbonyl (C=O) groups is 1. The second-order valence-electron chi connectivity index (χ2n) is 9.01. The summed E-state index contributed by atoms with van der Waals surface area (Å²) in [6.45, 7) is 5.31. The van der Waals surface area contributed by atoms with Gasteiger partial charge in [-0.15, -0.1) is 0 Å². The fourth-order valence-electron chi connectivity index (χ4n) is 4.45. The van der Waals surface area contributed by atoms with Crippen LogP contribution in [0, 0.1) is 11.7 Å². The predicted molar refractivity (Wildman–Crippen MR) is 131 cm³/mol. The van der Waals surface area contributed by atoms with Crippen LogP contribution in [0.3, 0.4) is 0 Å². The highest BCUT2D eigenvalue weighted by molar-refractivity contribution is 9.10. The lowest BCUT2D eigenvalue weighted by Crippen LogP contribution is -2.33. The molecule has 32 heavy (non-hydrogen) atoms. The summed E-state index contributed by atoms with van der Waals surface area (Å²) in [7, 11) is 0. The first-order valence-electron chi connectivity index (χ1n) is 11.2. The van der Waals surface area contributed by atoms with E-state index in [0.717, 1.165) is 36.1 Å². The Morgan fingerprint density at radius 3 is 2.69 bits per heavy atom. The summed E-state index contributed by atoms with van der Waals surface area (Å²) < 4.78 is 16.3. The fourth-order valence-corrected chi connectivity index (χ4v) is 4.99. The molecule has 1 aliphatic carbocycles. The average Bonchev–Trinajstić information content (AvgIpc) is 3.39. The molecular weight excluding hydrogens is 493 g/mol. The van der Waals surface area contributed by atoms with Crippen LogP contribution >= 0.6 is 27.5 Å². The van der Waals surface area contributed by atoms with E-state index in [9.17, 15) is 9.18 Å². The Labute approximate surface area is 201 Å². The first kappa shape index (κ1) is 23.2. The maximum Gasteiger partial charge on any atom is 0.254 e. The molecule has 1 aromatic heterocycles. The van der Waals surface area contributed by atoms with Crippen LogP contribution in [-0.4, -0.2) is 26.9 Å². The standard InChI is InChI=1S/C25H28BrClFN3O/c1-16(2)11-12-30(25(32)17-7-9-21(28)20(26)13-17)15-24-29-22-10-8-18(27)14-23(22)31(24)19-5-3-4-6-19/h7-10,13-14,16,19H,3-6,11-12,15H2,1-2H3. The van der Waals surface area contributed by atoms with Gasteiger partial charge in [-0.25, -0.2) is 9.37 Å². The van der Waals surface area contributed by atoms with Gasteiger partial charge in [-0.3, -0.25) is 4.79 Å². The first-order valence-corrected chi connectivity index (χ1v) is 12.4. The van der Waals surface area contributed by atoms with E-state index in [1.807, 2.05) is 23.1 Å². The highest BCUT2D eigenvalue weighted by atomic mass is 79.9. The number of aromatic nitrogens is 2. The Kier molecular flexibility index (Phi) is 7.21. The molecule has 0 atom stereocenters. The Morgan fingerprint density at radius 2 is 2.00 bits per heavy atom. The van der Waals surface area contributed by atoms with Crippen molar-refractivity contribution >= 4 is 44.5 Å². The smallest absolute Gasteiger partial charge is 0.254 e. The van der Waals surface area contributed by atoms with Crippen LogP contribution in [0.4, 0.5) is 4.39 Å². The SMILES string of the molecule is CC(C)CCN(Cc1nc2ccc(Cl)cc2n1C1CCCC1)C(=O)c1ccc(F)c(Br)c1. The third kappa shape index (κ3) is 5.01. The zero-order valence-electron chi connectivity index (χ0n) is 18.5. The van der Waals surface area contributed by atoms with Gasteiger partial charge in [0.15, 0.2) is 0 Å². The summed E-state index contributed by atoms with van der Waals surface area (Å²) in [6, 6.07) is 10.6. The minimum Gasteiger partial charge on any atom is -0.331 e. The fraction of sp³-hybridized carbons (Fsp3) is 0.440. The molecule has 0 N–H and O–H groups in total. The maximum absolute atomic E-state index is 13.7. The van der Waals surface area contributed by atoms with Crippen molar-refractivity contribution in [1.82, 2.24) is 14.5 Å². The molecule has 7 heteroatoms. The largest absolute Gasteiger partial charge is 0.331 e. The van der Waals surface area contributed by atoms with Crippen molar-refractivity contribution in [2.75, 3.05) is 6.54 Å². The lowest BCUT2D eigenvalue weighted by atomic mass is 10.1. The van der Waals surface area contributed by atoms with Gasteiger partial charge in [-0.2, -0.15) is 0 Å². The van der Waals surface area contributed by atoms with Gasteiger partial charge in [-0.1, -0.05) is 38.3 Å². The van der Waals surface area contributed by atoms with Gasteiger partial charge in [0.05, 0.1) is 22.1 Å². The second-order valence-corrected chi connectivity index (χ2v) is 10.3. The summed E-state index contributed by atoms with van der Waals surface area (Å²) in [6.07, 6.45) is 5.49. The molecule has 0 aliphatic heterocycles. The van der Waals surface area contributed by atoms with E-state index < -0.39 is 0 Å². The van der Waals surface area contributed by atoms with Crippen molar-refractivity contribution in [3.05, 3.63) is 63.1 Å². The predicted octanol–water partition coefficient (Wildman–Crippen LogP) is 7.39. The van der Waals surface area contributed by atoms with Gasteiger partial charge in [0.25, 0.3) is 5.91 Å². The third-order valence-corrected chi connectivity index (χ3v) is 7.02. The Bertz CT molecular complexity index is 1120. The molecule has 0 radical (unpaired) electrons. The van der Waals surface area contributed by atoms with Crippen molar-refractivity contribution in [2.45, 2.75) is 58.5 Å². The molecule has 3 aromatic rings. The number of fused-ring (bicyclic) bond motifs is 1. The number of hydrogen-bond donors (Lipinski definition) is 0. The van der Waals surface area contributed by atoms with Gasteiger partial charge >= 0.3 is 0 Å². The molecule has 1 aliphatic rings. The number of halogens is 3. The van der Waals surface area contributed by atoms with Gasteiger partial charge in [0, 0.05) is 23.2 Å². The highest BCUT2D eigenvalue weighted by Crippen LogP contribution is 2.35. The lowest BCUT2D eigenvalue weighted by Gasteiger charge is -2.25. The van der Waals surface area contributed by atoms with Crippen LogP contribution in [0.5, 0.6) is 0 Å². The molecule has 0 bridgehead atoms. The zero-order chi connectivity index (χ0) is 22.8. The molecule has 1 amide bonds. The number of carbonyl (C=O) groups excluding carboxylic acids is 1. The lowest BCUT2D eigenvalue weighted by molar-refractivity contribution is 0.0728. The van der Waals surface area contributed by atoms with Crippen LogP contribution in [0.2, 0.25) is 5.02 Å². The van der Waals surface area contributed by atoms with E-state index in [4.69, 9.17) is 16.6 Å². The van der Waals surface area contributed by atoms with E-state index in [0.29, 0.717) is 40.1 Å². The molecule has 2 aromatic carbocycles. The van der Waals surface area contributed by atoms with Gasteiger partial charge in [-0.05, 0) is 77.5 Å². The van der Waals surface area contributed by atoms with Gasteiger partial charge < -0.3 is 9.47 Å². The summed E-state index contributed by atoms with van der Waals surface area (Å²) in [5.41, 5.74) is 2.39. The minimum absolute atomic E-state index is 0.116. The molecule has 1 saturated carbocycles. The number of hydrogen-bond acceptors (Lipinski definition) is 2. The number of rotatable bonds is 7. The van der Waals surface area contributed by atoms with Gasteiger partial charge in [0.1, 0.15) is 11.6 Å². The maximum atomic E-state index is 13.7. The highest BCUT2D eigenvalue weighted by Gasteiger charge is 2.26. The molecule has 4 nitrogen and oxygen atoms in total. The topological polar surface area (TPSA) is 38.1 Å². The average molecular weight is 521 g/mol. The molecule has 170 valence electrons. The van der Waals surface area contributed by atoms with Crippen molar-refractivity contribution in [3.63, 3.8) is 0 Å². The van der Waals surface area contributed by atoms with E-state index in [1.54, 1.807) is 12.1 Å². The monoisotopic (exact) mass is 519 g/mol. The normalized spacial score (nSPS) is 14.6. The Morgan fingerprint density at radius 1 is 1.25 bits per heavy atom. The molecule has 0 unspecified atom stereocenters. The number of amides is 1. The molecule has 1 heterocycles. The minimum atomic E-state index is -0.379. The molecular formula is C25H28BrClFN3O. The number of imidazole rings is 1. The number of benzene rings is 2. The first-order chi connectivity index (χ1) is 15.3. The van der Waals surface area contributed by atoms with E-state index in [-0.39, 0.29) is 11.7 Å². The summed E-state index contributed by atoms with van der Waals surface area (Å²) in [5, 5.41) is 0.687. The quantitative estimate of drug-likeness (QED) is 0.326. The zero-order valence-corrected chi connectivity index (χ0v) is 20.8. The molecule has 0 spiro atoms. The summed E-state index contributed by atoms with van der Waals surface area (Å²) in [4.78, 5) is 20.2. The number of nitrogens with zero attached hydrogens (tertiary/aromatic N) is 3. The van der Waals surface area contributed by atoms with E-state index in [1.165, 1.54) is 18.9 Å². The summed E-state index contributed by atoms with van der Waals surface area (Å²) >= 11 is 9.52. The molecule has 0 saturated heterocycles. The van der Waals surface area contributed by atoms with Crippen LogP contribution in [0.15, 0.2) is 40.9 Å². The van der Waals surface area contributed by atoms with Crippen LogP contribution in [0.1, 0.15) is 68.2 Å². The van der Waals surface area contributed by atoms with Gasteiger partial charge in [0.2, 0.25) is 0 Å². The molecule has 1 fully saturated rings. The molecule has 4 rings (SSSR count). The Balaban J connectivity index is 1.72. The second kappa shape index (κ2) is 9.92.